The van der Waals surface area contributed by atoms with Crippen LogP contribution in [0, 0.1) is 0 Å². The predicted octanol–water partition coefficient (Wildman–Crippen LogP) is 0.693. The maximum absolute atomic E-state index is 3.92. The van der Waals surface area contributed by atoms with Crippen molar-refractivity contribution in [1.29, 1.82) is 0 Å². The summed E-state index contributed by atoms with van der Waals surface area (Å²) < 4.78 is 0. The standard InChI is InChI=1S/C7H14N4/c1-3-6(2)8-4-7-5-9-11-10-7/h5-6,8H,3-4H2,1-2H3,(H,9,10,11). The molecule has 0 aliphatic carbocycles. The highest BCUT2D eigenvalue weighted by atomic mass is 15.3. The van der Waals surface area contributed by atoms with E-state index in [0.717, 1.165) is 18.7 Å². The maximum atomic E-state index is 3.92. The molecule has 0 aromatic carbocycles. The van der Waals surface area contributed by atoms with Crippen molar-refractivity contribution in [2.45, 2.75) is 32.9 Å². The van der Waals surface area contributed by atoms with Gasteiger partial charge < -0.3 is 5.32 Å². The molecule has 0 amide bonds. The van der Waals surface area contributed by atoms with Gasteiger partial charge in [-0.05, 0) is 13.3 Å². The minimum Gasteiger partial charge on any atom is -0.309 e. The van der Waals surface area contributed by atoms with Gasteiger partial charge in [-0.15, -0.1) is 0 Å². The topological polar surface area (TPSA) is 53.6 Å². The molecule has 1 heterocycles. The quantitative estimate of drug-likeness (QED) is 0.671. The van der Waals surface area contributed by atoms with Crippen LogP contribution >= 0.6 is 0 Å². The van der Waals surface area contributed by atoms with Crippen LogP contribution in [0.4, 0.5) is 0 Å². The van der Waals surface area contributed by atoms with E-state index >= 15 is 0 Å². The molecule has 1 aromatic rings. The van der Waals surface area contributed by atoms with Crippen LogP contribution in [0.15, 0.2) is 6.20 Å². The minimum absolute atomic E-state index is 0.548. The molecular formula is C7H14N4. The second kappa shape index (κ2) is 4.08. The number of hydrogen-bond acceptors (Lipinski definition) is 3. The summed E-state index contributed by atoms with van der Waals surface area (Å²) in [5.74, 6) is 0. The molecule has 0 radical (unpaired) electrons. The van der Waals surface area contributed by atoms with E-state index in [9.17, 15) is 0 Å². The lowest BCUT2D eigenvalue weighted by atomic mass is 10.2. The zero-order valence-electron chi connectivity index (χ0n) is 6.96. The Kier molecular flexibility index (Phi) is 3.04. The van der Waals surface area contributed by atoms with E-state index in [1.807, 2.05) is 0 Å². The Balaban J connectivity index is 2.23. The van der Waals surface area contributed by atoms with Gasteiger partial charge in [-0.2, -0.15) is 15.4 Å². The Morgan fingerprint density at radius 2 is 2.55 bits per heavy atom. The first-order valence-electron chi connectivity index (χ1n) is 3.91. The van der Waals surface area contributed by atoms with Crippen LogP contribution in [0.25, 0.3) is 0 Å². The molecule has 0 spiro atoms. The van der Waals surface area contributed by atoms with Gasteiger partial charge in [0.15, 0.2) is 0 Å². The maximum Gasteiger partial charge on any atom is 0.0962 e. The Bertz CT molecular complexity index is 182. The summed E-state index contributed by atoms with van der Waals surface area (Å²) in [4.78, 5) is 0. The number of rotatable bonds is 4. The summed E-state index contributed by atoms with van der Waals surface area (Å²) in [5.41, 5.74) is 0.963. The van der Waals surface area contributed by atoms with E-state index < -0.39 is 0 Å². The molecule has 0 aliphatic rings. The molecule has 4 nitrogen and oxygen atoms in total. The van der Waals surface area contributed by atoms with Gasteiger partial charge in [0.25, 0.3) is 0 Å². The first-order valence-corrected chi connectivity index (χ1v) is 3.91. The average molecular weight is 154 g/mol. The molecule has 0 bridgehead atoms. The molecule has 0 saturated heterocycles. The summed E-state index contributed by atoms with van der Waals surface area (Å²) in [6.07, 6.45) is 2.87. The van der Waals surface area contributed by atoms with Crippen molar-refractivity contribution in [2.75, 3.05) is 0 Å². The highest BCUT2D eigenvalue weighted by Gasteiger charge is 1.98. The van der Waals surface area contributed by atoms with Crippen LogP contribution in [0.5, 0.6) is 0 Å². The zero-order valence-corrected chi connectivity index (χ0v) is 6.96. The molecule has 0 saturated carbocycles. The third-order valence-corrected chi connectivity index (χ3v) is 1.71. The van der Waals surface area contributed by atoms with Crippen LogP contribution < -0.4 is 5.32 Å². The summed E-state index contributed by atoms with van der Waals surface area (Å²) in [7, 11) is 0. The fourth-order valence-corrected chi connectivity index (χ4v) is 0.734. The van der Waals surface area contributed by atoms with Gasteiger partial charge in [0.1, 0.15) is 0 Å². The van der Waals surface area contributed by atoms with Crippen LogP contribution in [-0.2, 0) is 6.54 Å². The highest BCUT2D eigenvalue weighted by molar-refractivity contribution is 4.89. The van der Waals surface area contributed by atoms with Crippen molar-refractivity contribution in [3.05, 3.63) is 11.9 Å². The summed E-state index contributed by atoms with van der Waals surface area (Å²) in [5, 5.41) is 13.5. The number of H-pyrrole nitrogens is 1. The number of nitrogens with zero attached hydrogens (tertiary/aromatic N) is 2. The van der Waals surface area contributed by atoms with Gasteiger partial charge in [-0.1, -0.05) is 6.92 Å². The summed E-state index contributed by atoms with van der Waals surface area (Å²) in [6.45, 7) is 5.10. The Morgan fingerprint density at radius 3 is 3.09 bits per heavy atom. The first-order chi connectivity index (χ1) is 5.33. The Hall–Kier alpha value is -0.900. The van der Waals surface area contributed by atoms with Crippen molar-refractivity contribution in [3.8, 4) is 0 Å². The number of nitrogens with one attached hydrogen (secondary N) is 2. The normalized spacial score (nSPS) is 13.3. The molecule has 1 aromatic heterocycles. The lowest BCUT2D eigenvalue weighted by Gasteiger charge is -2.08. The molecule has 1 atom stereocenters. The van der Waals surface area contributed by atoms with Gasteiger partial charge in [0, 0.05) is 12.6 Å². The predicted molar refractivity (Wildman–Crippen MR) is 43.0 cm³/mol. The molecule has 11 heavy (non-hydrogen) atoms. The monoisotopic (exact) mass is 154 g/mol. The van der Waals surface area contributed by atoms with Gasteiger partial charge in [0.2, 0.25) is 0 Å². The number of aromatic nitrogens is 3. The van der Waals surface area contributed by atoms with Crippen molar-refractivity contribution in [1.82, 2.24) is 20.7 Å². The lowest BCUT2D eigenvalue weighted by Crippen LogP contribution is -2.24. The molecule has 1 rings (SSSR count). The lowest BCUT2D eigenvalue weighted by molar-refractivity contribution is 0.528. The smallest absolute Gasteiger partial charge is 0.0962 e. The largest absolute Gasteiger partial charge is 0.309 e. The second-order valence-electron chi connectivity index (χ2n) is 2.65. The van der Waals surface area contributed by atoms with E-state index in [-0.39, 0.29) is 0 Å². The van der Waals surface area contributed by atoms with Gasteiger partial charge in [-0.3, -0.25) is 0 Å². The van der Waals surface area contributed by atoms with E-state index in [0.29, 0.717) is 6.04 Å². The Morgan fingerprint density at radius 1 is 1.73 bits per heavy atom. The van der Waals surface area contributed by atoms with Crippen molar-refractivity contribution < 1.29 is 0 Å². The number of hydrogen-bond donors (Lipinski definition) is 2. The molecule has 62 valence electrons. The first kappa shape index (κ1) is 8.20. The third kappa shape index (κ3) is 2.67. The van der Waals surface area contributed by atoms with Crippen molar-refractivity contribution >= 4 is 0 Å². The van der Waals surface area contributed by atoms with Gasteiger partial charge >= 0.3 is 0 Å². The van der Waals surface area contributed by atoms with E-state index in [1.165, 1.54) is 0 Å². The molecule has 4 heteroatoms. The zero-order chi connectivity index (χ0) is 8.10. The number of aromatic amines is 1. The average Bonchev–Trinajstić information content (AvgIpc) is 2.52. The summed E-state index contributed by atoms with van der Waals surface area (Å²) in [6, 6.07) is 0.548. The highest BCUT2D eigenvalue weighted by Crippen LogP contribution is 1.92. The fourth-order valence-electron chi connectivity index (χ4n) is 0.734. The summed E-state index contributed by atoms with van der Waals surface area (Å²) >= 11 is 0. The van der Waals surface area contributed by atoms with Gasteiger partial charge in [0.05, 0.1) is 11.9 Å². The molecule has 2 N–H and O–H groups in total. The third-order valence-electron chi connectivity index (χ3n) is 1.71. The minimum atomic E-state index is 0.548. The second-order valence-corrected chi connectivity index (χ2v) is 2.65. The van der Waals surface area contributed by atoms with Crippen molar-refractivity contribution in [2.24, 2.45) is 0 Å². The SMILES string of the molecule is CCC(C)NCc1cn[nH]n1. The van der Waals surface area contributed by atoms with Crippen LogP contribution in [-0.4, -0.2) is 21.5 Å². The van der Waals surface area contributed by atoms with E-state index in [1.54, 1.807) is 6.20 Å². The van der Waals surface area contributed by atoms with Crippen LogP contribution in [0.3, 0.4) is 0 Å². The Labute approximate surface area is 66.4 Å². The molecule has 1 unspecified atom stereocenters. The fraction of sp³-hybridized carbons (Fsp3) is 0.714. The van der Waals surface area contributed by atoms with Crippen LogP contribution in [0.2, 0.25) is 0 Å². The molecule has 0 aliphatic heterocycles. The van der Waals surface area contributed by atoms with Crippen molar-refractivity contribution in [3.63, 3.8) is 0 Å². The van der Waals surface area contributed by atoms with Crippen LogP contribution in [0.1, 0.15) is 26.0 Å². The van der Waals surface area contributed by atoms with E-state index in [2.05, 4.69) is 34.6 Å². The van der Waals surface area contributed by atoms with E-state index in [4.69, 9.17) is 0 Å². The molecule has 0 fully saturated rings. The molecular weight excluding hydrogens is 140 g/mol. The van der Waals surface area contributed by atoms with Gasteiger partial charge in [-0.25, -0.2) is 0 Å².